The van der Waals surface area contributed by atoms with Crippen LogP contribution in [0.15, 0.2) is 18.2 Å². The number of rotatable bonds is 4. The van der Waals surface area contributed by atoms with Gasteiger partial charge in [0.15, 0.2) is 0 Å². The van der Waals surface area contributed by atoms with E-state index in [2.05, 4.69) is 0 Å². The first-order chi connectivity index (χ1) is 8.06. The molecule has 0 atom stereocenters. The summed E-state index contributed by atoms with van der Waals surface area (Å²) in [4.78, 5) is 0. The van der Waals surface area contributed by atoms with Gasteiger partial charge in [-0.3, -0.25) is 0 Å². The third kappa shape index (κ3) is 3.23. The second-order valence-corrected chi connectivity index (χ2v) is 5.58. The number of benzene rings is 1. The average Bonchev–Trinajstić information content (AvgIpc) is 2.14. The smallest absolute Gasteiger partial charge is 0.423 e. The Bertz CT molecular complexity index is 412. The second-order valence-electron chi connectivity index (χ2n) is 5.17. The van der Waals surface area contributed by atoms with Crippen molar-refractivity contribution in [1.82, 2.24) is 0 Å². The van der Waals surface area contributed by atoms with Crippen molar-refractivity contribution in [3.8, 4) is 0 Å². The van der Waals surface area contributed by atoms with Gasteiger partial charge < -0.3 is 14.8 Å². The van der Waals surface area contributed by atoms with E-state index in [-0.39, 0.29) is 10.5 Å². The molecule has 6 heteroatoms. The van der Waals surface area contributed by atoms with Crippen molar-refractivity contribution in [2.24, 2.45) is 0 Å². The molecule has 1 aromatic rings. The molecule has 2 N–H and O–H groups in total. The SMILES string of the molecule is CC(C)(O)C(C)(C)OB(O)c1c(F)cccc1Cl. The third-order valence-electron chi connectivity index (χ3n) is 3.13. The van der Waals surface area contributed by atoms with Crippen LogP contribution in [0.2, 0.25) is 5.02 Å². The Hall–Kier alpha value is -0.615. The number of halogens is 2. The molecule has 0 radical (unpaired) electrons. The molecule has 100 valence electrons. The molecule has 0 bridgehead atoms. The minimum atomic E-state index is -1.54. The maximum Gasteiger partial charge on any atom is 0.496 e. The van der Waals surface area contributed by atoms with Crippen molar-refractivity contribution in [2.45, 2.75) is 38.9 Å². The van der Waals surface area contributed by atoms with E-state index >= 15 is 0 Å². The summed E-state index contributed by atoms with van der Waals surface area (Å²) in [5.74, 6) is -0.651. The van der Waals surface area contributed by atoms with E-state index in [0.717, 1.165) is 0 Å². The van der Waals surface area contributed by atoms with E-state index in [4.69, 9.17) is 16.3 Å². The molecule has 18 heavy (non-hydrogen) atoms. The van der Waals surface area contributed by atoms with Crippen molar-refractivity contribution >= 4 is 24.2 Å². The quantitative estimate of drug-likeness (QED) is 0.822. The van der Waals surface area contributed by atoms with Crippen molar-refractivity contribution in [3.63, 3.8) is 0 Å². The van der Waals surface area contributed by atoms with Crippen LogP contribution in [0.5, 0.6) is 0 Å². The lowest BCUT2D eigenvalue weighted by atomic mass is 9.76. The molecular weight excluding hydrogens is 257 g/mol. The van der Waals surface area contributed by atoms with Crippen molar-refractivity contribution < 1.29 is 19.2 Å². The Balaban J connectivity index is 3.00. The standard InChI is InChI=1S/C12H17BClFO3/c1-11(2,16)12(3,4)18-13(17)10-8(14)6-5-7-9(10)15/h5-7,16-17H,1-4H3. The molecule has 0 aliphatic carbocycles. The van der Waals surface area contributed by atoms with Crippen LogP contribution in [0.3, 0.4) is 0 Å². The summed E-state index contributed by atoms with van der Waals surface area (Å²) in [6.45, 7) is 6.29. The molecule has 0 spiro atoms. The van der Waals surface area contributed by atoms with Gasteiger partial charge in [-0.25, -0.2) is 4.39 Å². The predicted octanol–water partition coefficient (Wildman–Crippen LogP) is 1.73. The van der Waals surface area contributed by atoms with Gasteiger partial charge in [-0.1, -0.05) is 17.7 Å². The van der Waals surface area contributed by atoms with Crippen LogP contribution in [0.25, 0.3) is 0 Å². The van der Waals surface area contributed by atoms with Gasteiger partial charge in [-0.05, 0) is 39.8 Å². The maximum atomic E-state index is 13.6. The maximum absolute atomic E-state index is 13.6. The largest absolute Gasteiger partial charge is 0.496 e. The summed E-state index contributed by atoms with van der Waals surface area (Å²) in [5, 5.41) is 19.9. The van der Waals surface area contributed by atoms with Crippen LogP contribution in [-0.2, 0) is 4.65 Å². The van der Waals surface area contributed by atoms with Crippen LogP contribution >= 0.6 is 11.6 Å². The molecule has 0 heterocycles. The molecule has 0 aliphatic rings. The Labute approximate surface area is 112 Å². The number of aliphatic hydroxyl groups is 1. The zero-order valence-corrected chi connectivity index (χ0v) is 11.6. The summed E-state index contributed by atoms with van der Waals surface area (Å²) >= 11 is 5.82. The predicted molar refractivity (Wildman–Crippen MR) is 70.5 cm³/mol. The molecule has 3 nitrogen and oxygen atoms in total. The van der Waals surface area contributed by atoms with Crippen molar-refractivity contribution in [3.05, 3.63) is 29.0 Å². The molecule has 0 amide bonds. The van der Waals surface area contributed by atoms with Crippen LogP contribution in [-0.4, -0.2) is 28.5 Å². The van der Waals surface area contributed by atoms with Crippen LogP contribution in [0.4, 0.5) is 4.39 Å². The third-order valence-corrected chi connectivity index (χ3v) is 3.46. The minimum absolute atomic E-state index is 0.0778. The van der Waals surface area contributed by atoms with E-state index in [9.17, 15) is 14.5 Å². The highest BCUT2D eigenvalue weighted by atomic mass is 35.5. The molecular formula is C12H17BClFO3. The van der Waals surface area contributed by atoms with Gasteiger partial charge in [0, 0.05) is 10.5 Å². The van der Waals surface area contributed by atoms with E-state index in [1.54, 1.807) is 27.7 Å². The van der Waals surface area contributed by atoms with Crippen molar-refractivity contribution in [1.29, 1.82) is 0 Å². The molecule has 1 aromatic carbocycles. The Kier molecular flexibility index (Phi) is 4.44. The van der Waals surface area contributed by atoms with Crippen LogP contribution < -0.4 is 5.46 Å². The lowest BCUT2D eigenvalue weighted by Gasteiger charge is -2.38. The lowest BCUT2D eigenvalue weighted by molar-refractivity contribution is -0.0983. The van der Waals surface area contributed by atoms with Gasteiger partial charge in [-0.15, -0.1) is 0 Å². The van der Waals surface area contributed by atoms with E-state index in [1.165, 1.54) is 18.2 Å². The Morgan fingerprint density at radius 3 is 2.28 bits per heavy atom. The summed E-state index contributed by atoms with van der Waals surface area (Å²) in [5.41, 5.74) is -2.40. The van der Waals surface area contributed by atoms with E-state index in [1.807, 2.05) is 0 Å². The first-order valence-corrected chi connectivity index (χ1v) is 5.96. The lowest BCUT2D eigenvalue weighted by Crippen LogP contribution is -2.53. The fourth-order valence-corrected chi connectivity index (χ4v) is 1.49. The van der Waals surface area contributed by atoms with Gasteiger partial charge in [0.25, 0.3) is 0 Å². The molecule has 0 aliphatic heterocycles. The van der Waals surface area contributed by atoms with E-state index in [0.29, 0.717) is 0 Å². The Morgan fingerprint density at radius 1 is 1.28 bits per heavy atom. The highest BCUT2D eigenvalue weighted by Crippen LogP contribution is 2.25. The molecule has 0 saturated carbocycles. The molecule has 0 fully saturated rings. The van der Waals surface area contributed by atoms with Gasteiger partial charge in [0.1, 0.15) is 5.82 Å². The van der Waals surface area contributed by atoms with Crippen LogP contribution in [0, 0.1) is 5.82 Å². The summed E-state index contributed by atoms with van der Waals surface area (Å²) in [6, 6.07) is 4.09. The summed E-state index contributed by atoms with van der Waals surface area (Å²) in [6.07, 6.45) is 0. The first kappa shape index (κ1) is 15.4. The zero-order valence-electron chi connectivity index (χ0n) is 10.9. The first-order valence-electron chi connectivity index (χ1n) is 5.58. The fraction of sp³-hybridized carbons (Fsp3) is 0.500. The molecule has 0 saturated heterocycles. The average molecular weight is 275 g/mol. The minimum Gasteiger partial charge on any atom is -0.423 e. The van der Waals surface area contributed by atoms with Gasteiger partial charge in [0.05, 0.1) is 11.2 Å². The zero-order chi connectivity index (χ0) is 14.1. The number of hydrogen-bond donors (Lipinski definition) is 2. The number of hydrogen-bond acceptors (Lipinski definition) is 3. The Morgan fingerprint density at radius 2 is 1.83 bits per heavy atom. The second kappa shape index (κ2) is 5.17. The molecule has 1 rings (SSSR count). The fourth-order valence-electron chi connectivity index (χ4n) is 1.23. The van der Waals surface area contributed by atoms with Gasteiger partial charge >= 0.3 is 7.12 Å². The summed E-state index contributed by atoms with van der Waals surface area (Å²) in [7, 11) is -1.54. The topological polar surface area (TPSA) is 49.7 Å². The van der Waals surface area contributed by atoms with E-state index < -0.39 is 24.1 Å². The molecule has 0 unspecified atom stereocenters. The normalized spacial score (nSPS) is 12.7. The molecule has 0 aromatic heterocycles. The van der Waals surface area contributed by atoms with Crippen molar-refractivity contribution in [2.75, 3.05) is 0 Å². The van der Waals surface area contributed by atoms with Gasteiger partial charge in [0.2, 0.25) is 0 Å². The van der Waals surface area contributed by atoms with Crippen LogP contribution in [0.1, 0.15) is 27.7 Å². The highest BCUT2D eigenvalue weighted by Gasteiger charge is 2.40. The highest BCUT2D eigenvalue weighted by molar-refractivity contribution is 6.64. The van der Waals surface area contributed by atoms with Gasteiger partial charge in [-0.2, -0.15) is 0 Å². The summed E-state index contributed by atoms with van der Waals surface area (Å²) < 4.78 is 18.9. The monoisotopic (exact) mass is 274 g/mol.